The molecule has 21 heteroatoms. The Morgan fingerprint density at radius 2 is 1.52 bits per heavy atom. The number of nitrogens with two attached hydrogens (primary N) is 4. The first-order valence-corrected chi connectivity index (χ1v) is 18.6. The molecule has 1 saturated heterocycles. The van der Waals surface area contributed by atoms with Crippen molar-refractivity contribution in [1.82, 2.24) is 31.5 Å². The van der Waals surface area contributed by atoms with Gasteiger partial charge in [-0.15, -0.1) is 0 Å². The number of carbonyl (C=O) groups is 7. The molecule has 0 spiro atoms. The Labute approximate surface area is 323 Å². The van der Waals surface area contributed by atoms with Crippen molar-refractivity contribution in [1.29, 1.82) is 0 Å². The summed E-state index contributed by atoms with van der Waals surface area (Å²) < 4.78 is 0. The lowest BCUT2D eigenvalue weighted by Crippen LogP contribution is -2.59. The van der Waals surface area contributed by atoms with E-state index in [1.54, 1.807) is 0 Å². The number of guanidine groups is 1. The number of nitrogens with zero attached hydrogens (tertiary/aromatic N) is 2. The highest BCUT2D eigenvalue weighted by atomic mass is 16.4. The number of fused-ring (bicyclic) bond motifs is 1. The predicted octanol–water partition coefficient (Wildman–Crippen LogP) is -3.41. The number of carboxylic acid groups (broad SMARTS) is 1. The van der Waals surface area contributed by atoms with Crippen LogP contribution in [0.4, 0.5) is 0 Å². The molecule has 0 saturated carbocycles. The average Bonchev–Trinajstić information content (AvgIpc) is 3.64. The summed E-state index contributed by atoms with van der Waals surface area (Å²) in [4.78, 5) is 96.3. The number of phenolic OH excluding ortho intramolecular Hbond substituents is 2. The van der Waals surface area contributed by atoms with E-state index in [2.05, 4.69) is 31.6 Å². The van der Waals surface area contributed by atoms with Crippen LogP contribution in [0.1, 0.15) is 75.8 Å². The Morgan fingerprint density at radius 1 is 0.857 bits per heavy atom. The van der Waals surface area contributed by atoms with E-state index >= 15 is 0 Å². The van der Waals surface area contributed by atoms with Gasteiger partial charge >= 0.3 is 5.97 Å². The minimum absolute atomic E-state index is 0.0134. The number of benzene rings is 1. The maximum atomic E-state index is 14.1. The molecule has 1 aromatic carbocycles. The zero-order valence-corrected chi connectivity index (χ0v) is 31.4. The van der Waals surface area contributed by atoms with Crippen molar-refractivity contribution in [2.45, 2.75) is 114 Å². The number of aliphatic imine (C=N–C) groups is 1. The van der Waals surface area contributed by atoms with Crippen LogP contribution in [0.25, 0.3) is 0 Å². The van der Waals surface area contributed by atoms with Crippen LogP contribution in [0, 0.1) is 0 Å². The number of hydrogen-bond donors (Lipinski definition) is 12. The summed E-state index contributed by atoms with van der Waals surface area (Å²) >= 11 is 0. The molecule has 0 unspecified atom stereocenters. The third-order valence-corrected chi connectivity index (χ3v) is 9.60. The van der Waals surface area contributed by atoms with E-state index in [4.69, 9.17) is 22.9 Å². The molecule has 0 aliphatic carbocycles. The van der Waals surface area contributed by atoms with Gasteiger partial charge in [-0.05, 0) is 94.5 Å². The number of hydrogen-bond acceptors (Lipinski definition) is 12. The number of carbonyl (C=O) groups excluding carboxylic acids is 6. The second-order valence-corrected chi connectivity index (χ2v) is 13.9. The molecule has 1 aromatic rings. The van der Waals surface area contributed by atoms with E-state index < -0.39 is 77.7 Å². The first-order valence-electron chi connectivity index (χ1n) is 18.6. The lowest BCUT2D eigenvalue weighted by atomic mass is 9.94. The molecule has 6 amide bonds. The number of rotatable bonds is 21. The third-order valence-electron chi connectivity index (χ3n) is 9.60. The van der Waals surface area contributed by atoms with Crippen LogP contribution in [0.3, 0.4) is 0 Å². The second kappa shape index (κ2) is 21.4. The zero-order valence-electron chi connectivity index (χ0n) is 31.4. The van der Waals surface area contributed by atoms with Crippen molar-refractivity contribution in [3.05, 3.63) is 23.3 Å². The van der Waals surface area contributed by atoms with Crippen molar-refractivity contribution >= 4 is 47.4 Å². The minimum atomic E-state index is -1.32. The summed E-state index contributed by atoms with van der Waals surface area (Å²) in [5, 5.41) is 42.6. The quantitative estimate of drug-likeness (QED) is 0.0250. The molecule has 21 nitrogen and oxygen atoms in total. The van der Waals surface area contributed by atoms with Gasteiger partial charge in [0.2, 0.25) is 35.4 Å². The Kier molecular flexibility index (Phi) is 17.1. The maximum absolute atomic E-state index is 14.1. The van der Waals surface area contributed by atoms with Crippen LogP contribution in [-0.4, -0.2) is 123 Å². The van der Waals surface area contributed by atoms with Gasteiger partial charge in [-0.25, -0.2) is 4.79 Å². The number of aromatic hydroxyl groups is 2. The molecule has 3 rings (SSSR count). The fourth-order valence-electron chi connectivity index (χ4n) is 6.51. The van der Waals surface area contributed by atoms with Crippen LogP contribution in [0.2, 0.25) is 0 Å². The highest BCUT2D eigenvalue weighted by Crippen LogP contribution is 2.31. The third kappa shape index (κ3) is 13.3. The topological polar surface area (TPSA) is 360 Å². The first-order chi connectivity index (χ1) is 26.5. The monoisotopic (exact) mass is 789 g/mol. The van der Waals surface area contributed by atoms with Crippen molar-refractivity contribution < 1.29 is 48.9 Å². The number of primary amides is 1. The summed E-state index contributed by atoms with van der Waals surface area (Å²) in [5.41, 5.74) is 23.0. The van der Waals surface area contributed by atoms with E-state index in [0.29, 0.717) is 36.9 Å². The molecule has 1 fully saturated rings. The van der Waals surface area contributed by atoms with Gasteiger partial charge in [0.05, 0.1) is 6.04 Å². The Morgan fingerprint density at radius 3 is 2.16 bits per heavy atom. The lowest BCUT2D eigenvalue weighted by Gasteiger charge is -2.31. The molecule has 2 aliphatic rings. The van der Waals surface area contributed by atoms with Crippen molar-refractivity contribution in [3.63, 3.8) is 0 Å². The number of amides is 6. The van der Waals surface area contributed by atoms with Gasteiger partial charge in [0.15, 0.2) is 17.5 Å². The van der Waals surface area contributed by atoms with Gasteiger partial charge < -0.3 is 69.7 Å². The van der Waals surface area contributed by atoms with Gasteiger partial charge in [-0.1, -0.05) is 0 Å². The van der Waals surface area contributed by atoms with E-state index in [0.717, 1.165) is 0 Å². The fourth-order valence-corrected chi connectivity index (χ4v) is 6.51. The molecule has 16 N–H and O–H groups in total. The Hall–Kier alpha value is -5.70. The average molecular weight is 790 g/mol. The molecular weight excluding hydrogens is 734 g/mol. The SMILES string of the molecule is C[C@H](NC(=O)[C@@H]1CCCN1C(=O)[C@H](CCCN=C(N)N)NC(=O)[C@H](CCC(N)=O)NC(=O)[C@H]1Cc2cc(O)c(O)cc2CN1)C(=O)N[C@@H](CCCCN)C(=O)O. The number of nitrogens with one attached hydrogen (secondary N) is 5. The number of unbranched alkanes of at least 4 members (excludes halogenated alkanes) is 1. The Bertz CT molecular complexity index is 1640. The van der Waals surface area contributed by atoms with Gasteiger partial charge in [-0.2, -0.15) is 0 Å². The predicted molar refractivity (Wildman–Crippen MR) is 201 cm³/mol. The molecule has 2 aliphatic heterocycles. The number of carboxylic acids is 1. The molecule has 310 valence electrons. The highest BCUT2D eigenvalue weighted by molar-refractivity contribution is 5.96. The fraction of sp³-hybridized carbons (Fsp3) is 0.600. The van der Waals surface area contributed by atoms with Crippen molar-refractivity contribution in [3.8, 4) is 11.5 Å². The van der Waals surface area contributed by atoms with Gasteiger partial charge in [-0.3, -0.25) is 33.8 Å². The largest absolute Gasteiger partial charge is 0.504 e. The Balaban J connectivity index is 1.75. The molecule has 6 atom stereocenters. The molecule has 56 heavy (non-hydrogen) atoms. The normalized spacial score (nSPS) is 18.3. The summed E-state index contributed by atoms with van der Waals surface area (Å²) in [6, 6.07) is -4.03. The molecule has 2 heterocycles. The summed E-state index contributed by atoms with van der Waals surface area (Å²) in [5.74, 6) is -6.23. The molecule has 0 radical (unpaired) electrons. The number of likely N-dealkylation sites (tertiary alicyclic amines) is 1. The van der Waals surface area contributed by atoms with Crippen LogP contribution in [-0.2, 0) is 46.5 Å². The molecule has 0 aromatic heterocycles. The zero-order chi connectivity index (χ0) is 41.5. The minimum Gasteiger partial charge on any atom is -0.504 e. The summed E-state index contributed by atoms with van der Waals surface area (Å²) in [6.45, 7) is 2.18. The van der Waals surface area contributed by atoms with Gasteiger partial charge in [0, 0.05) is 26.1 Å². The summed E-state index contributed by atoms with van der Waals surface area (Å²) in [6.07, 6.45) is 1.72. The second-order valence-electron chi connectivity index (χ2n) is 13.9. The lowest BCUT2D eigenvalue weighted by molar-refractivity contribution is -0.143. The smallest absolute Gasteiger partial charge is 0.326 e. The van der Waals surface area contributed by atoms with Crippen molar-refractivity contribution in [2.75, 3.05) is 19.6 Å². The molecular formula is C35H55N11O10. The summed E-state index contributed by atoms with van der Waals surface area (Å²) in [7, 11) is 0. The number of phenols is 2. The van der Waals surface area contributed by atoms with Crippen LogP contribution in [0.15, 0.2) is 17.1 Å². The van der Waals surface area contributed by atoms with Gasteiger partial charge in [0.1, 0.15) is 30.2 Å². The number of aliphatic carboxylic acids is 1. The maximum Gasteiger partial charge on any atom is 0.326 e. The standard InChI is InChI=1S/C35H55N11O10/c1-18(29(50)45-23(34(55)56)6-2-3-11-36)42-32(53)25-8-5-13-46(25)33(54)22(7-4-12-40-35(38)39)44-30(51)21(9-10-28(37)49)43-31(52)24-14-19-15-26(47)27(48)16-20(19)17-41-24/h15-16,18,21-25,41,47-48H,2-14,17,36H2,1H3,(H2,37,49)(H,42,53)(H,43,52)(H,44,51)(H,45,50)(H,55,56)(H4,38,39,40)/t18-,21-,22-,23-,24+,25-/m0/s1. The van der Waals surface area contributed by atoms with Crippen LogP contribution < -0.4 is 49.5 Å². The van der Waals surface area contributed by atoms with E-state index in [1.165, 1.54) is 24.0 Å². The van der Waals surface area contributed by atoms with Crippen LogP contribution in [0.5, 0.6) is 11.5 Å². The van der Waals surface area contributed by atoms with E-state index in [-0.39, 0.29) is 82.0 Å². The van der Waals surface area contributed by atoms with E-state index in [9.17, 15) is 48.9 Å². The highest BCUT2D eigenvalue weighted by Gasteiger charge is 2.39. The first kappa shape index (κ1) is 44.7. The van der Waals surface area contributed by atoms with Crippen LogP contribution >= 0.6 is 0 Å². The van der Waals surface area contributed by atoms with Gasteiger partial charge in [0.25, 0.3) is 0 Å². The molecule has 0 bridgehead atoms. The van der Waals surface area contributed by atoms with E-state index in [1.807, 2.05) is 0 Å². The van der Waals surface area contributed by atoms with Crippen molar-refractivity contribution in [2.24, 2.45) is 27.9 Å².